The van der Waals surface area contributed by atoms with Crippen molar-refractivity contribution in [3.8, 4) is 5.88 Å². The Morgan fingerprint density at radius 1 is 1.47 bits per heavy atom. The number of carbonyl (C=O) groups is 1. The molecule has 0 radical (unpaired) electrons. The molecule has 0 saturated carbocycles. The summed E-state index contributed by atoms with van der Waals surface area (Å²) in [6.07, 6.45) is 1.85. The van der Waals surface area contributed by atoms with Crippen molar-refractivity contribution in [1.29, 1.82) is 0 Å². The number of ether oxygens (including phenoxy) is 1. The van der Waals surface area contributed by atoms with Crippen LogP contribution in [0, 0.1) is 6.92 Å². The highest BCUT2D eigenvalue weighted by molar-refractivity contribution is 5.80. The second kappa shape index (κ2) is 5.44. The summed E-state index contributed by atoms with van der Waals surface area (Å²) in [4.78, 5) is 19.7. The molecular formula is C11H16N2O2. The number of carbonyl (C=O) groups excluding carboxylic acids is 1. The normalized spacial score (nSPS) is 10.1. The van der Waals surface area contributed by atoms with Gasteiger partial charge in [0.05, 0.1) is 12.8 Å². The summed E-state index contributed by atoms with van der Waals surface area (Å²) in [5.74, 6) is 1.35. The van der Waals surface area contributed by atoms with Gasteiger partial charge in [-0.3, -0.25) is 4.79 Å². The average molecular weight is 208 g/mol. The van der Waals surface area contributed by atoms with E-state index in [1.54, 1.807) is 20.1 Å². The molecule has 1 aromatic heterocycles. The first-order valence-corrected chi connectivity index (χ1v) is 5.06. The number of hydrogen-bond acceptors (Lipinski definition) is 4. The van der Waals surface area contributed by atoms with Crippen molar-refractivity contribution < 1.29 is 9.53 Å². The molecule has 15 heavy (non-hydrogen) atoms. The van der Waals surface area contributed by atoms with E-state index in [-0.39, 0.29) is 5.78 Å². The molecule has 4 heteroatoms. The maximum atomic E-state index is 11.4. The number of rotatable bonds is 5. The van der Waals surface area contributed by atoms with Crippen LogP contribution in [0.15, 0.2) is 6.07 Å². The van der Waals surface area contributed by atoms with E-state index in [2.05, 4.69) is 9.97 Å². The zero-order valence-electron chi connectivity index (χ0n) is 9.41. The van der Waals surface area contributed by atoms with Crippen LogP contribution in [0.25, 0.3) is 0 Å². The lowest BCUT2D eigenvalue weighted by Gasteiger charge is -2.04. The summed E-state index contributed by atoms with van der Waals surface area (Å²) in [6.45, 7) is 3.78. The Hall–Kier alpha value is -1.45. The van der Waals surface area contributed by atoms with E-state index in [0.29, 0.717) is 24.5 Å². The van der Waals surface area contributed by atoms with E-state index in [4.69, 9.17) is 4.74 Å². The fraction of sp³-hybridized carbons (Fsp3) is 0.545. The molecule has 1 aromatic rings. The number of aromatic nitrogens is 2. The van der Waals surface area contributed by atoms with Crippen LogP contribution < -0.4 is 4.74 Å². The molecule has 0 spiro atoms. The van der Waals surface area contributed by atoms with Crippen LogP contribution in [-0.4, -0.2) is 22.9 Å². The van der Waals surface area contributed by atoms with E-state index >= 15 is 0 Å². The molecule has 0 aliphatic carbocycles. The Morgan fingerprint density at radius 2 is 2.20 bits per heavy atom. The maximum absolute atomic E-state index is 11.4. The fourth-order valence-corrected chi connectivity index (χ4v) is 1.36. The number of methoxy groups -OCH3 is 1. The summed E-state index contributed by atoms with van der Waals surface area (Å²) < 4.78 is 5.01. The van der Waals surface area contributed by atoms with Gasteiger partial charge in [-0.2, -0.15) is 4.98 Å². The molecule has 0 unspecified atom stereocenters. The minimum absolute atomic E-state index is 0.206. The van der Waals surface area contributed by atoms with Gasteiger partial charge in [0.15, 0.2) is 0 Å². The Bertz CT molecular complexity index is 350. The number of hydrogen-bond donors (Lipinski definition) is 0. The van der Waals surface area contributed by atoms with Gasteiger partial charge in [0.1, 0.15) is 11.6 Å². The fourth-order valence-electron chi connectivity index (χ4n) is 1.36. The minimum Gasteiger partial charge on any atom is -0.481 e. The van der Waals surface area contributed by atoms with Crippen LogP contribution in [-0.2, 0) is 11.2 Å². The lowest BCUT2D eigenvalue weighted by molar-refractivity contribution is -0.118. The number of Topliss-reactive ketones (excluding diaryl/α,β-unsaturated/α-hetero) is 1. The predicted octanol–water partition coefficient (Wildman–Crippen LogP) is 1.71. The second-order valence-electron chi connectivity index (χ2n) is 3.41. The van der Waals surface area contributed by atoms with Crippen molar-refractivity contribution in [3.63, 3.8) is 0 Å². The Labute approximate surface area is 89.7 Å². The topological polar surface area (TPSA) is 52.1 Å². The summed E-state index contributed by atoms with van der Waals surface area (Å²) in [7, 11) is 1.55. The SMILES string of the molecule is CCCC(=O)Cc1cc(OC)nc(C)n1. The highest BCUT2D eigenvalue weighted by Gasteiger charge is 2.06. The number of aryl methyl sites for hydroxylation is 1. The van der Waals surface area contributed by atoms with Crippen LogP contribution in [0.1, 0.15) is 31.3 Å². The largest absolute Gasteiger partial charge is 0.481 e. The zero-order chi connectivity index (χ0) is 11.3. The van der Waals surface area contributed by atoms with Crippen LogP contribution in [0.2, 0.25) is 0 Å². The summed E-state index contributed by atoms with van der Waals surface area (Å²) in [5, 5.41) is 0. The molecule has 1 heterocycles. The van der Waals surface area contributed by atoms with Crippen molar-refractivity contribution in [3.05, 3.63) is 17.6 Å². The van der Waals surface area contributed by atoms with Gasteiger partial charge in [-0.05, 0) is 13.3 Å². The van der Waals surface area contributed by atoms with Crippen molar-refractivity contribution in [2.45, 2.75) is 33.1 Å². The Morgan fingerprint density at radius 3 is 2.80 bits per heavy atom. The number of nitrogens with zero attached hydrogens (tertiary/aromatic N) is 2. The van der Waals surface area contributed by atoms with Gasteiger partial charge in [-0.25, -0.2) is 4.98 Å². The zero-order valence-corrected chi connectivity index (χ0v) is 9.41. The molecule has 0 aliphatic heterocycles. The third kappa shape index (κ3) is 3.65. The molecule has 0 N–H and O–H groups in total. The van der Waals surface area contributed by atoms with E-state index in [1.807, 2.05) is 6.92 Å². The van der Waals surface area contributed by atoms with E-state index in [9.17, 15) is 4.79 Å². The summed E-state index contributed by atoms with van der Waals surface area (Å²) in [6, 6.07) is 1.71. The van der Waals surface area contributed by atoms with Gasteiger partial charge in [0, 0.05) is 18.9 Å². The molecule has 0 fully saturated rings. The van der Waals surface area contributed by atoms with Crippen molar-refractivity contribution in [1.82, 2.24) is 9.97 Å². The third-order valence-corrected chi connectivity index (χ3v) is 1.98. The second-order valence-corrected chi connectivity index (χ2v) is 3.41. The van der Waals surface area contributed by atoms with Crippen molar-refractivity contribution in [2.24, 2.45) is 0 Å². The van der Waals surface area contributed by atoms with Gasteiger partial charge in [-0.1, -0.05) is 6.92 Å². The van der Waals surface area contributed by atoms with Gasteiger partial charge >= 0.3 is 0 Å². The molecule has 0 atom stereocenters. The minimum atomic E-state index is 0.206. The first kappa shape index (κ1) is 11.6. The first-order valence-electron chi connectivity index (χ1n) is 5.06. The van der Waals surface area contributed by atoms with Crippen LogP contribution in [0.5, 0.6) is 5.88 Å². The van der Waals surface area contributed by atoms with Crippen molar-refractivity contribution >= 4 is 5.78 Å². The summed E-state index contributed by atoms with van der Waals surface area (Å²) in [5.41, 5.74) is 0.734. The van der Waals surface area contributed by atoms with Crippen LogP contribution >= 0.6 is 0 Å². The van der Waals surface area contributed by atoms with E-state index in [0.717, 1.165) is 12.1 Å². The molecule has 0 saturated heterocycles. The molecule has 0 amide bonds. The van der Waals surface area contributed by atoms with Gasteiger partial charge in [0.2, 0.25) is 5.88 Å². The first-order chi connectivity index (χ1) is 7.15. The average Bonchev–Trinajstić information content (AvgIpc) is 2.17. The van der Waals surface area contributed by atoms with Gasteiger partial charge in [0.25, 0.3) is 0 Å². The molecule has 1 rings (SSSR count). The molecular weight excluding hydrogens is 192 g/mol. The Balaban J connectivity index is 2.76. The monoisotopic (exact) mass is 208 g/mol. The van der Waals surface area contributed by atoms with E-state index in [1.165, 1.54) is 0 Å². The summed E-state index contributed by atoms with van der Waals surface area (Å²) >= 11 is 0. The van der Waals surface area contributed by atoms with Crippen molar-refractivity contribution in [2.75, 3.05) is 7.11 Å². The van der Waals surface area contributed by atoms with Gasteiger partial charge in [-0.15, -0.1) is 0 Å². The predicted molar refractivity (Wildman–Crippen MR) is 56.9 cm³/mol. The molecule has 0 aromatic carbocycles. The van der Waals surface area contributed by atoms with E-state index < -0.39 is 0 Å². The molecule has 0 aliphatic rings. The lowest BCUT2D eigenvalue weighted by atomic mass is 10.1. The molecule has 4 nitrogen and oxygen atoms in total. The van der Waals surface area contributed by atoms with Crippen LogP contribution in [0.4, 0.5) is 0 Å². The third-order valence-electron chi connectivity index (χ3n) is 1.98. The molecule has 82 valence electrons. The highest BCUT2D eigenvalue weighted by Crippen LogP contribution is 2.10. The molecule has 0 bridgehead atoms. The number of ketones is 1. The maximum Gasteiger partial charge on any atom is 0.216 e. The standard InChI is InChI=1S/C11H16N2O2/c1-4-5-10(14)6-9-7-11(15-3)13-8(2)12-9/h7H,4-6H2,1-3H3. The quantitative estimate of drug-likeness (QED) is 0.739. The van der Waals surface area contributed by atoms with Gasteiger partial charge < -0.3 is 4.74 Å². The smallest absolute Gasteiger partial charge is 0.216 e. The van der Waals surface area contributed by atoms with Crippen LogP contribution in [0.3, 0.4) is 0 Å². The highest BCUT2D eigenvalue weighted by atomic mass is 16.5. The Kier molecular flexibility index (Phi) is 4.21. The lowest BCUT2D eigenvalue weighted by Crippen LogP contribution is -2.06.